The molecule has 0 unspecified atom stereocenters. The average Bonchev–Trinajstić information content (AvgIpc) is 3.39. The second-order valence-corrected chi connectivity index (χ2v) is 12.5. The van der Waals surface area contributed by atoms with Crippen molar-refractivity contribution in [3.8, 4) is 23.0 Å². The fourth-order valence-electron chi connectivity index (χ4n) is 5.52. The van der Waals surface area contributed by atoms with E-state index in [9.17, 15) is 18.5 Å². The van der Waals surface area contributed by atoms with Gasteiger partial charge in [0.1, 0.15) is 21.7 Å². The summed E-state index contributed by atoms with van der Waals surface area (Å²) >= 11 is 6.63. The van der Waals surface area contributed by atoms with Gasteiger partial charge in [0.2, 0.25) is 0 Å². The van der Waals surface area contributed by atoms with E-state index >= 15 is 8.78 Å². The van der Waals surface area contributed by atoms with E-state index in [1.54, 1.807) is 37.8 Å². The Hall–Kier alpha value is -3.88. The third-order valence-electron chi connectivity index (χ3n) is 7.44. The molecule has 1 saturated carbocycles. The van der Waals surface area contributed by atoms with Crippen LogP contribution in [0.25, 0.3) is 16.9 Å². The van der Waals surface area contributed by atoms with Gasteiger partial charge in [-0.2, -0.15) is 10.4 Å². The monoisotopic (exact) mass is 583 g/mol. The van der Waals surface area contributed by atoms with Crippen molar-refractivity contribution < 1.29 is 17.2 Å². The van der Waals surface area contributed by atoms with Crippen LogP contribution in [0, 0.1) is 42.7 Å². The standard InChI is InChI=1S/C28H24ClF2N5O3S/c1-13-11-33-26(16-7-6-8-20(24(16)30)40(5,38)39)25(31)27(13)36-14(2)9-17(23(29)28(36)37)21-15(3)22(21)18-12-35(4)34-19(18)10-32/h6-9,11-12,15,21-22H,1-5H3/t15-,21+,22+/m0/s1. The van der Waals surface area contributed by atoms with Gasteiger partial charge in [0.15, 0.2) is 27.2 Å². The molecular formula is C28H24ClF2N5O3S. The zero-order valence-corrected chi connectivity index (χ0v) is 23.8. The van der Waals surface area contributed by atoms with Crippen molar-refractivity contribution in [2.24, 2.45) is 13.0 Å². The first-order chi connectivity index (χ1) is 18.8. The summed E-state index contributed by atoms with van der Waals surface area (Å²) in [5, 5.41) is 13.6. The largest absolute Gasteiger partial charge is 0.277 e. The number of nitriles is 1. The first-order valence-electron chi connectivity index (χ1n) is 12.3. The minimum absolute atomic E-state index is 0.0633. The van der Waals surface area contributed by atoms with Gasteiger partial charge in [0.25, 0.3) is 5.56 Å². The van der Waals surface area contributed by atoms with Crippen LogP contribution in [0.15, 0.2) is 46.3 Å². The quantitative estimate of drug-likeness (QED) is 0.328. The Kier molecular flexibility index (Phi) is 6.67. The van der Waals surface area contributed by atoms with Gasteiger partial charge in [0, 0.05) is 42.5 Å². The normalized spacial score (nSPS) is 18.5. The Morgan fingerprint density at radius 1 is 1.12 bits per heavy atom. The molecule has 1 fully saturated rings. The summed E-state index contributed by atoms with van der Waals surface area (Å²) in [4.78, 5) is 17.1. The number of sulfone groups is 1. The molecule has 0 aliphatic heterocycles. The molecule has 8 nitrogen and oxygen atoms in total. The fraction of sp³-hybridized carbons (Fsp3) is 0.286. The van der Waals surface area contributed by atoms with Gasteiger partial charge in [-0.1, -0.05) is 24.6 Å². The third kappa shape index (κ3) is 4.32. The van der Waals surface area contributed by atoms with Crippen LogP contribution < -0.4 is 5.56 Å². The highest BCUT2D eigenvalue weighted by atomic mass is 35.5. The van der Waals surface area contributed by atoms with Crippen LogP contribution in [-0.4, -0.2) is 34.0 Å². The molecule has 0 radical (unpaired) electrons. The number of benzene rings is 1. The second-order valence-electron chi connectivity index (χ2n) is 10.2. The van der Waals surface area contributed by atoms with Crippen molar-refractivity contribution in [3.05, 3.63) is 91.7 Å². The first-order valence-corrected chi connectivity index (χ1v) is 14.5. The van der Waals surface area contributed by atoms with Crippen molar-refractivity contribution in [1.29, 1.82) is 5.26 Å². The van der Waals surface area contributed by atoms with Crippen molar-refractivity contribution in [2.45, 2.75) is 37.5 Å². The lowest BCUT2D eigenvalue weighted by Crippen LogP contribution is -2.24. The van der Waals surface area contributed by atoms with E-state index in [-0.39, 0.29) is 34.0 Å². The maximum atomic E-state index is 16.1. The Labute approximate surface area is 234 Å². The summed E-state index contributed by atoms with van der Waals surface area (Å²) in [5.41, 5.74) is 0.748. The van der Waals surface area contributed by atoms with Crippen molar-refractivity contribution >= 4 is 21.4 Å². The van der Waals surface area contributed by atoms with Crippen LogP contribution in [0.1, 0.15) is 46.8 Å². The van der Waals surface area contributed by atoms with Crippen molar-refractivity contribution in [3.63, 3.8) is 0 Å². The molecule has 0 saturated heterocycles. The van der Waals surface area contributed by atoms with Gasteiger partial charge in [-0.15, -0.1) is 0 Å². The summed E-state index contributed by atoms with van der Waals surface area (Å²) in [7, 11) is -2.20. The molecule has 0 N–H and O–H groups in total. The highest BCUT2D eigenvalue weighted by Crippen LogP contribution is 2.61. The molecular weight excluding hydrogens is 560 g/mol. The maximum Gasteiger partial charge on any atom is 0.274 e. The van der Waals surface area contributed by atoms with Crippen LogP contribution >= 0.6 is 11.6 Å². The minimum Gasteiger partial charge on any atom is -0.277 e. The number of pyridine rings is 2. The molecule has 0 bridgehead atoms. The highest BCUT2D eigenvalue weighted by Gasteiger charge is 2.51. The summed E-state index contributed by atoms with van der Waals surface area (Å²) in [6, 6.07) is 7.44. The number of hydrogen-bond acceptors (Lipinski definition) is 6. The predicted octanol–water partition coefficient (Wildman–Crippen LogP) is 4.97. The Morgan fingerprint density at radius 2 is 1.80 bits per heavy atom. The van der Waals surface area contributed by atoms with Crippen LogP contribution in [0.2, 0.25) is 5.02 Å². The summed E-state index contributed by atoms with van der Waals surface area (Å²) in [6.07, 6.45) is 3.93. The van der Waals surface area contributed by atoms with Crippen LogP contribution in [0.5, 0.6) is 0 Å². The second kappa shape index (κ2) is 9.64. The van der Waals surface area contributed by atoms with Gasteiger partial charge >= 0.3 is 0 Å². The molecule has 0 amide bonds. The zero-order chi connectivity index (χ0) is 29.3. The Balaban J connectivity index is 1.64. The molecule has 3 aromatic heterocycles. The lowest BCUT2D eigenvalue weighted by Gasteiger charge is -2.18. The third-order valence-corrected chi connectivity index (χ3v) is 8.93. The topological polar surface area (TPSA) is 111 Å². The molecule has 40 heavy (non-hydrogen) atoms. The van der Waals surface area contributed by atoms with Gasteiger partial charge in [0.05, 0.1) is 5.69 Å². The van der Waals surface area contributed by atoms with Gasteiger partial charge < -0.3 is 0 Å². The Bertz CT molecular complexity index is 1930. The van der Waals surface area contributed by atoms with Gasteiger partial charge in [-0.05, 0) is 60.9 Å². The summed E-state index contributed by atoms with van der Waals surface area (Å²) in [5.74, 6) is -2.25. The molecule has 0 spiro atoms. The van der Waals surface area contributed by atoms with E-state index in [0.29, 0.717) is 22.5 Å². The van der Waals surface area contributed by atoms with E-state index in [1.807, 2.05) is 6.92 Å². The highest BCUT2D eigenvalue weighted by molar-refractivity contribution is 7.90. The lowest BCUT2D eigenvalue weighted by atomic mass is 10.0. The minimum atomic E-state index is -3.93. The molecule has 12 heteroatoms. The molecule has 1 aliphatic rings. The predicted molar refractivity (Wildman–Crippen MR) is 145 cm³/mol. The van der Waals surface area contributed by atoms with Crippen LogP contribution in [0.4, 0.5) is 8.78 Å². The molecule has 3 atom stereocenters. The van der Waals surface area contributed by atoms with Crippen LogP contribution in [0.3, 0.4) is 0 Å². The molecule has 1 aromatic carbocycles. The van der Waals surface area contributed by atoms with E-state index in [0.717, 1.165) is 22.5 Å². The number of aromatic nitrogens is 4. The van der Waals surface area contributed by atoms with Crippen molar-refractivity contribution in [1.82, 2.24) is 19.3 Å². The Morgan fingerprint density at radius 3 is 2.45 bits per heavy atom. The number of halogens is 3. The maximum absolute atomic E-state index is 16.1. The lowest BCUT2D eigenvalue weighted by molar-refractivity contribution is 0.569. The van der Waals surface area contributed by atoms with Crippen molar-refractivity contribution in [2.75, 3.05) is 6.26 Å². The molecule has 1 aliphatic carbocycles. The van der Waals surface area contributed by atoms with E-state index in [1.165, 1.54) is 18.3 Å². The number of rotatable bonds is 5. The molecule has 5 rings (SSSR count). The van der Waals surface area contributed by atoms with Crippen LogP contribution in [-0.2, 0) is 16.9 Å². The molecule has 206 valence electrons. The van der Waals surface area contributed by atoms with Gasteiger partial charge in [-0.25, -0.2) is 17.2 Å². The molecule has 3 heterocycles. The summed E-state index contributed by atoms with van der Waals surface area (Å²) in [6.45, 7) is 5.19. The summed E-state index contributed by atoms with van der Waals surface area (Å²) < 4.78 is 58.0. The first kappa shape index (κ1) is 27.7. The SMILES string of the molecule is Cc1cnc(-c2cccc(S(C)(=O)=O)c2F)c(F)c1-n1c(C)cc([C@H]2[C@H](C)[C@@H]2c2cn(C)nc2C#N)c(Cl)c1=O. The van der Waals surface area contributed by atoms with E-state index < -0.39 is 37.6 Å². The average molecular weight is 584 g/mol. The van der Waals surface area contributed by atoms with E-state index in [4.69, 9.17) is 11.6 Å². The zero-order valence-electron chi connectivity index (χ0n) is 22.2. The smallest absolute Gasteiger partial charge is 0.274 e. The van der Waals surface area contributed by atoms with E-state index in [2.05, 4.69) is 16.2 Å². The van der Waals surface area contributed by atoms with Gasteiger partial charge in [-0.3, -0.25) is 19.0 Å². The number of hydrogen-bond donors (Lipinski definition) is 0. The fourth-order valence-corrected chi connectivity index (χ4v) is 6.54. The number of nitrogens with zero attached hydrogens (tertiary/aromatic N) is 5. The number of aryl methyl sites for hydroxylation is 3. The molecule has 4 aromatic rings.